The summed E-state index contributed by atoms with van der Waals surface area (Å²) >= 11 is 0. The first-order valence-corrected chi connectivity index (χ1v) is 22.9. The van der Waals surface area contributed by atoms with E-state index in [0.717, 1.165) is 39.0 Å². The third-order valence-corrected chi connectivity index (χ3v) is 13.8. The van der Waals surface area contributed by atoms with Gasteiger partial charge in [0.2, 0.25) is 5.91 Å². The molecule has 4 rings (SSSR count). The smallest absolute Gasteiger partial charge is 0.311 e. The first-order chi connectivity index (χ1) is 30.2. The van der Waals surface area contributed by atoms with Gasteiger partial charge in [-0.2, -0.15) is 0 Å². The number of carbonyl (C=O) groups excluding carboxylic acids is 5. The van der Waals surface area contributed by atoms with Crippen LogP contribution in [0, 0.1) is 22.7 Å². The number of ketones is 1. The van der Waals surface area contributed by atoms with Crippen molar-refractivity contribution in [2.45, 2.75) is 174 Å². The van der Waals surface area contributed by atoms with Gasteiger partial charge in [0, 0.05) is 50.5 Å². The van der Waals surface area contributed by atoms with Gasteiger partial charge in [0.25, 0.3) is 0 Å². The molecule has 1 aliphatic heterocycles. The summed E-state index contributed by atoms with van der Waals surface area (Å²) in [6.07, 6.45) is 23.4. The second-order valence-corrected chi connectivity index (χ2v) is 18.6. The number of aliphatic hydroxyl groups is 3. The maximum absolute atomic E-state index is 15.1. The maximum atomic E-state index is 15.1. The molecule has 354 valence electrons. The van der Waals surface area contributed by atoms with Gasteiger partial charge >= 0.3 is 17.9 Å². The van der Waals surface area contributed by atoms with Crippen LogP contribution in [-0.2, 0) is 42.9 Å². The molecule has 11 atom stereocenters. The number of Topliss-reactive ketones (excluding diaryl/α,β-unsaturated/α-hetero) is 1. The van der Waals surface area contributed by atoms with Crippen LogP contribution in [0.5, 0.6) is 0 Å². The molecular weight excluding hydrogens is 819 g/mol. The Hall–Kier alpha value is -4.43. The zero-order valence-corrected chi connectivity index (χ0v) is 39.3. The Kier molecular flexibility index (Phi) is 18.5. The molecule has 0 spiro atoms. The highest BCUT2D eigenvalue weighted by Crippen LogP contribution is 2.63. The van der Waals surface area contributed by atoms with E-state index in [0.29, 0.717) is 18.4 Å². The van der Waals surface area contributed by atoms with Gasteiger partial charge in [0.1, 0.15) is 35.6 Å². The normalized spacial score (nSPS) is 32.3. The fraction of sp³-hybridized carbons (Fsp3) is 0.627. The molecule has 0 aromatic carbocycles. The van der Waals surface area contributed by atoms with Crippen molar-refractivity contribution in [3.05, 3.63) is 84.1 Å². The summed E-state index contributed by atoms with van der Waals surface area (Å²) in [7, 11) is 0. The first-order valence-electron chi connectivity index (χ1n) is 22.9. The van der Waals surface area contributed by atoms with Gasteiger partial charge in [-0.3, -0.25) is 24.0 Å². The minimum atomic E-state index is -2.17. The van der Waals surface area contributed by atoms with Crippen LogP contribution in [0.25, 0.3) is 0 Å². The van der Waals surface area contributed by atoms with E-state index in [9.17, 15) is 34.5 Å². The molecule has 2 saturated carbocycles. The second-order valence-electron chi connectivity index (χ2n) is 18.6. The highest BCUT2D eigenvalue weighted by Gasteiger charge is 2.77. The summed E-state index contributed by atoms with van der Waals surface area (Å²) < 4.78 is 23.9. The predicted octanol–water partition coefficient (Wildman–Crippen LogP) is 6.96. The summed E-state index contributed by atoms with van der Waals surface area (Å²) in [5.74, 6) is -5.57. The van der Waals surface area contributed by atoms with Crippen LogP contribution in [0.2, 0.25) is 0 Å². The average molecular weight is 892 g/mol. The zero-order valence-electron chi connectivity index (χ0n) is 39.3. The molecule has 2 bridgehead atoms. The van der Waals surface area contributed by atoms with Crippen molar-refractivity contribution >= 4 is 29.6 Å². The monoisotopic (exact) mass is 892 g/mol. The number of ether oxygens (including phenoxy) is 4. The molecule has 13 heteroatoms. The number of fused-ring (bicyclic) bond motifs is 5. The predicted molar refractivity (Wildman–Crippen MR) is 243 cm³/mol. The largest absolute Gasteiger partial charge is 0.461 e. The van der Waals surface area contributed by atoms with E-state index in [-0.39, 0.29) is 37.3 Å². The van der Waals surface area contributed by atoms with Gasteiger partial charge in [-0.25, -0.2) is 0 Å². The van der Waals surface area contributed by atoms with E-state index >= 15 is 4.79 Å². The lowest BCUT2D eigenvalue weighted by Gasteiger charge is -2.67. The van der Waals surface area contributed by atoms with Crippen LogP contribution >= 0.6 is 0 Å². The fourth-order valence-corrected chi connectivity index (χ4v) is 9.90. The van der Waals surface area contributed by atoms with Crippen molar-refractivity contribution in [2.24, 2.45) is 22.7 Å². The van der Waals surface area contributed by atoms with E-state index < -0.39 is 94.1 Å². The lowest BCUT2D eigenvalue weighted by atomic mass is 9.44. The Bertz CT molecular complexity index is 1910. The molecule has 4 aliphatic rings. The first kappa shape index (κ1) is 52.2. The van der Waals surface area contributed by atoms with Crippen molar-refractivity contribution < 1.29 is 58.2 Å². The molecule has 3 aliphatic carbocycles. The summed E-state index contributed by atoms with van der Waals surface area (Å²) in [6, 6.07) is -0.606. The van der Waals surface area contributed by atoms with E-state index in [4.69, 9.17) is 18.9 Å². The molecule has 3 fully saturated rings. The fourth-order valence-electron chi connectivity index (χ4n) is 9.90. The van der Waals surface area contributed by atoms with Crippen LogP contribution in [0.15, 0.2) is 84.1 Å². The number of carbonyl (C=O) groups is 5. The molecule has 0 aromatic heterocycles. The highest BCUT2D eigenvalue weighted by molar-refractivity contribution is 5.94. The number of allylic oxidation sites excluding steroid dienone is 12. The number of amides is 1. The summed E-state index contributed by atoms with van der Waals surface area (Å²) in [5.41, 5.74) is -7.05. The lowest BCUT2D eigenvalue weighted by molar-refractivity contribution is -0.345. The van der Waals surface area contributed by atoms with Crippen LogP contribution in [0.4, 0.5) is 0 Å². The van der Waals surface area contributed by atoms with E-state index in [1.165, 1.54) is 13.8 Å². The number of esters is 3. The number of hydrogen-bond donors (Lipinski definition) is 4. The Morgan fingerprint density at radius 3 is 1.84 bits per heavy atom. The Morgan fingerprint density at radius 2 is 1.36 bits per heavy atom. The lowest BCUT2D eigenvalue weighted by Crippen LogP contribution is -2.81. The van der Waals surface area contributed by atoms with E-state index in [1.54, 1.807) is 34.6 Å². The van der Waals surface area contributed by atoms with Gasteiger partial charge in [-0.15, -0.1) is 0 Å². The van der Waals surface area contributed by atoms with Crippen molar-refractivity contribution in [3.8, 4) is 0 Å². The molecule has 4 N–H and O–H groups in total. The van der Waals surface area contributed by atoms with Gasteiger partial charge in [-0.05, 0) is 83.8 Å². The second kappa shape index (κ2) is 22.7. The third kappa shape index (κ3) is 11.5. The van der Waals surface area contributed by atoms with Crippen molar-refractivity contribution in [1.82, 2.24) is 5.32 Å². The number of nitrogens with one attached hydrogen (secondary N) is 1. The van der Waals surface area contributed by atoms with Crippen LogP contribution in [-0.4, -0.2) is 99.3 Å². The quantitative estimate of drug-likeness (QED) is 0.0559. The summed E-state index contributed by atoms with van der Waals surface area (Å²) in [4.78, 5) is 66.9. The summed E-state index contributed by atoms with van der Waals surface area (Å²) in [5, 5.41) is 40.5. The topological polar surface area (TPSA) is 195 Å². The minimum Gasteiger partial charge on any atom is -0.461 e. The minimum absolute atomic E-state index is 0.0213. The zero-order chi connectivity index (χ0) is 47.5. The SMILES string of the molecule is CC/C=C\C/C=C\C/C=C\C/C=C\C/C=C\C/C=C\CCC(=O)O[C@H]1C[C@H]2OC[C@@]2(O)[C@H]2[C@H](OC(C)=O)[C@]3(O)CC(OC(=O)C(C)[C@H](C)NC(C)=O)C(C)=C([C@@H](O)C(=O)[C@]12C)C3(C)C. The molecule has 2 unspecified atom stereocenters. The molecule has 1 amide bonds. The number of hydrogen-bond acceptors (Lipinski definition) is 12. The van der Waals surface area contributed by atoms with Crippen molar-refractivity contribution in [3.63, 3.8) is 0 Å². The van der Waals surface area contributed by atoms with Crippen molar-refractivity contribution in [2.75, 3.05) is 6.61 Å². The maximum Gasteiger partial charge on any atom is 0.311 e. The van der Waals surface area contributed by atoms with E-state index in [2.05, 4.69) is 66.9 Å². The van der Waals surface area contributed by atoms with Crippen LogP contribution in [0.1, 0.15) is 127 Å². The number of rotatable bonds is 20. The van der Waals surface area contributed by atoms with Gasteiger partial charge in [0.15, 0.2) is 5.78 Å². The number of aliphatic hydroxyl groups excluding tert-OH is 1. The molecule has 1 saturated heterocycles. The molecule has 0 radical (unpaired) electrons. The highest BCUT2D eigenvalue weighted by atomic mass is 16.6. The molecular formula is C51H73NO12. The van der Waals surface area contributed by atoms with Crippen LogP contribution < -0.4 is 5.32 Å². The third-order valence-electron chi connectivity index (χ3n) is 13.8. The molecule has 13 nitrogen and oxygen atoms in total. The average Bonchev–Trinajstić information content (AvgIpc) is 3.22. The van der Waals surface area contributed by atoms with Gasteiger partial charge < -0.3 is 39.6 Å². The Morgan fingerprint density at radius 1 is 0.828 bits per heavy atom. The molecule has 0 aromatic rings. The van der Waals surface area contributed by atoms with Gasteiger partial charge in [0.05, 0.1) is 24.0 Å². The standard InChI is InChI=1S/C51H73NO12/c1-10-11-12-13-14-15-16-17-18-19-20-21-22-23-24-25-26-27-28-29-41(55)64-39-30-40-50(59,32-61-40)44-46(62-37(6)54)51(60)31-38(63-47(58)33(2)35(4)52-36(5)53)34(3)42(48(51,7)8)43(56)45(57)49(39,44)9/h11-12,14-15,17-18,20-21,23-24,26-27,33,35,38-40,43-44,46,56,59-60H,10,13,16,19,22,25,28-32H2,1-9H3,(H,52,53)/b12-11-,15-14-,18-17-,21-20-,24-23-,27-26-/t33?,35-,38?,39-,40+,43+,44-,46-,49+,50-,51+/m0/s1. The molecule has 1 heterocycles. The van der Waals surface area contributed by atoms with Crippen LogP contribution in [0.3, 0.4) is 0 Å². The Balaban J connectivity index is 1.49. The summed E-state index contributed by atoms with van der Waals surface area (Å²) in [6.45, 7) is 13.8. The van der Waals surface area contributed by atoms with Gasteiger partial charge in [-0.1, -0.05) is 93.7 Å². The Labute approximate surface area is 379 Å². The van der Waals surface area contributed by atoms with E-state index in [1.807, 2.05) is 18.2 Å². The van der Waals surface area contributed by atoms with Crippen molar-refractivity contribution in [1.29, 1.82) is 0 Å². The molecule has 64 heavy (non-hydrogen) atoms.